The Hall–Kier alpha value is -0.450. The second-order valence-electron chi connectivity index (χ2n) is 7.34. The van der Waals surface area contributed by atoms with Crippen molar-refractivity contribution in [3.8, 4) is 0 Å². The molecule has 0 aromatic carbocycles. The predicted octanol–water partition coefficient (Wildman–Crippen LogP) is 4.22. The van der Waals surface area contributed by atoms with Crippen molar-refractivity contribution in [1.82, 2.24) is 10.3 Å². The summed E-state index contributed by atoms with van der Waals surface area (Å²) in [5, 5.41) is 4.79. The number of hydrogen-bond donors (Lipinski definition) is 1. The molecule has 1 heterocycles. The van der Waals surface area contributed by atoms with E-state index in [-0.39, 0.29) is 11.1 Å². The van der Waals surface area contributed by atoms with E-state index >= 15 is 0 Å². The van der Waals surface area contributed by atoms with Gasteiger partial charge < -0.3 is 10.1 Å². The molecule has 21 heavy (non-hydrogen) atoms. The molecule has 1 aliphatic carbocycles. The summed E-state index contributed by atoms with van der Waals surface area (Å²) in [5.41, 5.74) is 1.26. The van der Waals surface area contributed by atoms with Crippen molar-refractivity contribution in [1.29, 1.82) is 0 Å². The lowest BCUT2D eigenvalue weighted by Crippen LogP contribution is -2.39. The molecule has 0 fully saturated rings. The molecule has 0 bridgehead atoms. The Bertz CT molecular complexity index is 472. The second kappa shape index (κ2) is 6.35. The average molecular weight is 311 g/mol. The number of fused-ring (bicyclic) bond motifs is 1. The number of ether oxygens (including phenoxy) is 1. The van der Waals surface area contributed by atoms with Crippen LogP contribution in [0.3, 0.4) is 0 Å². The van der Waals surface area contributed by atoms with Crippen molar-refractivity contribution in [3.63, 3.8) is 0 Å². The number of hydrogen-bond acceptors (Lipinski definition) is 4. The molecule has 2 rings (SSSR count). The Morgan fingerprint density at radius 2 is 2.05 bits per heavy atom. The molecule has 0 saturated heterocycles. The fraction of sp³-hybridized carbons (Fsp3) is 0.824. The van der Waals surface area contributed by atoms with Crippen LogP contribution in [-0.2, 0) is 16.8 Å². The van der Waals surface area contributed by atoms with E-state index in [0.29, 0.717) is 5.92 Å². The van der Waals surface area contributed by atoms with Gasteiger partial charge in [0.25, 0.3) is 0 Å². The zero-order chi connectivity index (χ0) is 15.7. The van der Waals surface area contributed by atoms with Crippen LogP contribution in [0.4, 0.5) is 0 Å². The van der Waals surface area contributed by atoms with E-state index in [1.54, 1.807) is 7.11 Å². The van der Waals surface area contributed by atoms with Crippen LogP contribution in [0.2, 0.25) is 0 Å². The topological polar surface area (TPSA) is 34.1 Å². The van der Waals surface area contributed by atoms with E-state index in [2.05, 4.69) is 39.9 Å². The van der Waals surface area contributed by atoms with Crippen LogP contribution >= 0.6 is 11.3 Å². The van der Waals surface area contributed by atoms with Gasteiger partial charge in [-0.3, -0.25) is 0 Å². The van der Waals surface area contributed by atoms with Crippen LogP contribution in [0, 0.1) is 0 Å². The number of aromatic nitrogens is 1. The molecule has 1 N–H and O–H groups in total. The maximum absolute atomic E-state index is 5.73. The lowest BCUT2D eigenvalue weighted by molar-refractivity contribution is -0.00171. The summed E-state index contributed by atoms with van der Waals surface area (Å²) in [6.07, 6.45) is 4.67. The zero-order valence-electron chi connectivity index (χ0n) is 14.4. The SMILES string of the molecule is CCC(C)(OC)c1nc2c(s1)CCCC2CNC(C)(C)C. The lowest BCUT2D eigenvalue weighted by Gasteiger charge is -2.27. The molecule has 1 aliphatic rings. The molecule has 3 nitrogen and oxygen atoms in total. The third kappa shape index (κ3) is 3.85. The van der Waals surface area contributed by atoms with Crippen molar-refractivity contribution in [2.45, 2.75) is 77.4 Å². The summed E-state index contributed by atoms with van der Waals surface area (Å²) in [5.74, 6) is 0.552. The van der Waals surface area contributed by atoms with Gasteiger partial charge in [-0.15, -0.1) is 11.3 Å². The van der Waals surface area contributed by atoms with E-state index in [9.17, 15) is 0 Å². The Morgan fingerprint density at radius 3 is 2.62 bits per heavy atom. The third-order valence-electron chi connectivity index (χ3n) is 4.53. The van der Waals surface area contributed by atoms with Gasteiger partial charge in [-0.2, -0.15) is 0 Å². The van der Waals surface area contributed by atoms with Crippen molar-refractivity contribution < 1.29 is 4.74 Å². The third-order valence-corrected chi connectivity index (χ3v) is 5.90. The number of rotatable bonds is 5. The molecular formula is C17H30N2OS. The largest absolute Gasteiger partial charge is 0.371 e. The van der Waals surface area contributed by atoms with Gasteiger partial charge in [0.1, 0.15) is 10.6 Å². The maximum Gasteiger partial charge on any atom is 0.125 e. The van der Waals surface area contributed by atoms with Gasteiger partial charge in [0.15, 0.2) is 0 Å². The molecule has 2 atom stereocenters. The number of nitrogens with one attached hydrogen (secondary N) is 1. The summed E-state index contributed by atoms with van der Waals surface area (Å²) >= 11 is 1.86. The standard InChI is InChI=1S/C17H30N2OS/c1-7-17(5,20-6)15-19-14-12(11-18-16(2,3)4)9-8-10-13(14)21-15/h12,18H,7-11H2,1-6H3. The highest BCUT2D eigenvalue weighted by molar-refractivity contribution is 7.11. The first-order valence-corrected chi connectivity index (χ1v) is 8.91. The minimum absolute atomic E-state index is 0.168. The molecule has 1 aromatic heterocycles. The van der Waals surface area contributed by atoms with Crippen LogP contribution in [0.1, 0.15) is 75.4 Å². The molecule has 120 valence electrons. The van der Waals surface area contributed by atoms with Crippen LogP contribution in [0.25, 0.3) is 0 Å². The molecule has 0 saturated carbocycles. The van der Waals surface area contributed by atoms with E-state index in [4.69, 9.17) is 9.72 Å². The number of nitrogens with zero attached hydrogens (tertiary/aromatic N) is 1. The lowest BCUT2D eigenvalue weighted by atomic mass is 9.90. The average Bonchev–Trinajstić information content (AvgIpc) is 2.88. The molecular weight excluding hydrogens is 280 g/mol. The van der Waals surface area contributed by atoms with E-state index in [0.717, 1.165) is 18.0 Å². The highest BCUT2D eigenvalue weighted by atomic mass is 32.1. The first kappa shape index (κ1) is 16.9. The Balaban J connectivity index is 2.21. The first-order chi connectivity index (χ1) is 9.79. The van der Waals surface area contributed by atoms with Crippen molar-refractivity contribution in [2.24, 2.45) is 0 Å². The normalized spacial score (nSPS) is 21.9. The maximum atomic E-state index is 5.73. The van der Waals surface area contributed by atoms with Gasteiger partial charge in [0, 0.05) is 30.0 Å². The zero-order valence-corrected chi connectivity index (χ0v) is 15.2. The van der Waals surface area contributed by atoms with E-state index < -0.39 is 0 Å². The summed E-state index contributed by atoms with van der Waals surface area (Å²) in [4.78, 5) is 6.48. The summed E-state index contributed by atoms with van der Waals surface area (Å²) in [7, 11) is 1.79. The van der Waals surface area contributed by atoms with Gasteiger partial charge in [-0.25, -0.2) is 4.98 Å². The van der Waals surface area contributed by atoms with Crippen LogP contribution in [0.5, 0.6) is 0 Å². The van der Waals surface area contributed by atoms with E-state index in [1.807, 2.05) is 11.3 Å². The molecule has 1 aromatic rings. The van der Waals surface area contributed by atoms with E-state index in [1.165, 1.54) is 29.8 Å². The highest BCUT2D eigenvalue weighted by Gasteiger charge is 2.32. The quantitative estimate of drug-likeness (QED) is 0.884. The predicted molar refractivity (Wildman–Crippen MR) is 90.2 cm³/mol. The van der Waals surface area contributed by atoms with Gasteiger partial charge in [0.05, 0.1) is 5.69 Å². The summed E-state index contributed by atoms with van der Waals surface area (Å²) in [6.45, 7) is 12.0. The van der Waals surface area contributed by atoms with Crippen molar-refractivity contribution >= 4 is 11.3 Å². The highest BCUT2D eigenvalue weighted by Crippen LogP contribution is 2.39. The van der Waals surface area contributed by atoms with Crippen LogP contribution in [-0.4, -0.2) is 24.2 Å². The summed E-state index contributed by atoms with van der Waals surface area (Å²) in [6, 6.07) is 0. The number of methoxy groups -OCH3 is 1. The van der Waals surface area contributed by atoms with Crippen LogP contribution < -0.4 is 5.32 Å². The van der Waals surface area contributed by atoms with Crippen LogP contribution in [0.15, 0.2) is 0 Å². The van der Waals surface area contributed by atoms with Gasteiger partial charge in [0.2, 0.25) is 0 Å². The Morgan fingerprint density at radius 1 is 1.33 bits per heavy atom. The molecule has 0 radical (unpaired) electrons. The smallest absolute Gasteiger partial charge is 0.125 e. The van der Waals surface area contributed by atoms with Crippen molar-refractivity contribution in [2.75, 3.05) is 13.7 Å². The number of aryl methyl sites for hydroxylation is 1. The molecule has 4 heteroatoms. The molecule has 0 aliphatic heterocycles. The summed E-state index contributed by atoms with van der Waals surface area (Å²) < 4.78 is 5.73. The first-order valence-electron chi connectivity index (χ1n) is 8.09. The minimum atomic E-state index is -0.232. The monoisotopic (exact) mass is 310 g/mol. The second-order valence-corrected chi connectivity index (χ2v) is 8.42. The fourth-order valence-electron chi connectivity index (χ4n) is 2.74. The molecule has 0 amide bonds. The van der Waals surface area contributed by atoms with Gasteiger partial charge in [-0.1, -0.05) is 6.92 Å². The number of thiazole rings is 1. The Labute approximate surface area is 133 Å². The van der Waals surface area contributed by atoms with Crippen molar-refractivity contribution in [3.05, 3.63) is 15.6 Å². The molecule has 2 unspecified atom stereocenters. The Kier molecular flexibility index (Phi) is 5.11. The fourth-order valence-corrected chi connectivity index (χ4v) is 4.13. The molecule has 0 spiro atoms. The van der Waals surface area contributed by atoms with Gasteiger partial charge >= 0.3 is 0 Å². The van der Waals surface area contributed by atoms with Gasteiger partial charge in [-0.05, 0) is 53.4 Å². The minimum Gasteiger partial charge on any atom is -0.371 e.